The van der Waals surface area contributed by atoms with Crippen LogP contribution in [0.1, 0.15) is 24.1 Å². The van der Waals surface area contributed by atoms with Gasteiger partial charge in [-0.1, -0.05) is 17.7 Å². The van der Waals surface area contributed by atoms with E-state index in [2.05, 4.69) is 15.8 Å². The molecule has 0 spiro atoms. The Labute approximate surface area is 141 Å². The molecule has 0 N–H and O–H groups in total. The maximum Gasteiger partial charge on any atom is 0.348 e. The van der Waals surface area contributed by atoms with Gasteiger partial charge in [-0.05, 0) is 25.7 Å². The minimum Gasteiger partial charge on any atom is -0.379 e. The van der Waals surface area contributed by atoms with Crippen molar-refractivity contribution in [2.75, 3.05) is 38.6 Å². The van der Waals surface area contributed by atoms with Gasteiger partial charge in [0.05, 0.1) is 19.0 Å². The third-order valence-electron chi connectivity index (χ3n) is 4.45. The second-order valence-corrected chi connectivity index (χ2v) is 6.89. The molecule has 1 aliphatic heterocycles. The first-order chi connectivity index (χ1) is 11.3. The average Bonchev–Trinajstić information content (AvgIpc) is 3.06. The van der Waals surface area contributed by atoms with Crippen LogP contribution < -0.4 is 5.69 Å². The van der Waals surface area contributed by atoms with E-state index in [1.807, 2.05) is 4.57 Å². The van der Waals surface area contributed by atoms with E-state index in [0.717, 1.165) is 70.1 Å². The molecule has 1 saturated heterocycles. The van der Waals surface area contributed by atoms with E-state index < -0.39 is 0 Å². The summed E-state index contributed by atoms with van der Waals surface area (Å²) in [5.41, 5.74) is 2.31. The summed E-state index contributed by atoms with van der Waals surface area (Å²) in [7, 11) is 0. The molecular weight excluding hydrogens is 310 g/mol. The zero-order valence-corrected chi connectivity index (χ0v) is 14.2. The molecule has 3 rings (SSSR count). The summed E-state index contributed by atoms with van der Waals surface area (Å²) in [6, 6.07) is 0. The topological polar surface area (TPSA) is 47.4 Å². The summed E-state index contributed by atoms with van der Waals surface area (Å²) < 4.78 is 7.26. The highest BCUT2D eigenvalue weighted by Gasteiger charge is 2.21. The van der Waals surface area contributed by atoms with Crippen LogP contribution in [0.3, 0.4) is 0 Å². The van der Waals surface area contributed by atoms with Crippen LogP contribution in [-0.2, 0) is 24.1 Å². The van der Waals surface area contributed by atoms with Crippen molar-refractivity contribution in [1.29, 1.82) is 0 Å². The molecular formula is C17H23N3O2S. The van der Waals surface area contributed by atoms with Gasteiger partial charge in [-0.25, -0.2) is 4.79 Å². The van der Waals surface area contributed by atoms with E-state index in [0.29, 0.717) is 5.75 Å². The fourth-order valence-corrected chi connectivity index (χ4v) is 4.08. The molecule has 0 radical (unpaired) electrons. The number of ether oxygens (including phenoxy) is 1. The molecule has 1 aromatic rings. The minimum atomic E-state index is -0.118. The number of rotatable bonds is 6. The fourth-order valence-electron chi connectivity index (χ4n) is 3.32. The van der Waals surface area contributed by atoms with Crippen LogP contribution in [0.4, 0.5) is 0 Å². The van der Waals surface area contributed by atoms with Gasteiger partial charge in [0.2, 0.25) is 0 Å². The Morgan fingerprint density at radius 1 is 1.26 bits per heavy atom. The zero-order valence-electron chi connectivity index (χ0n) is 13.4. The normalized spacial score (nSPS) is 17.9. The molecule has 0 aromatic carbocycles. The summed E-state index contributed by atoms with van der Waals surface area (Å²) in [6.07, 6.45) is 9.41. The van der Waals surface area contributed by atoms with E-state index in [4.69, 9.17) is 11.2 Å². The Kier molecular flexibility index (Phi) is 5.76. The Morgan fingerprint density at radius 3 is 2.87 bits per heavy atom. The van der Waals surface area contributed by atoms with Gasteiger partial charge in [0, 0.05) is 37.4 Å². The van der Waals surface area contributed by atoms with Crippen LogP contribution in [0.5, 0.6) is 0 Å². The fraction of sp³-hybridized carbons (Fsp3) is 0.647. The summed E-state index contributed by atoms with van der Waals surface area (Å²) in [4.78, 5) is 19.1. The number of hydrogen-bond acceptors (Lipinski definition) is 5. The van der Waals surface area contributed by atoms with Gasteiger partial charge in [-0.15, -0.1) is 6.42 Å². The van der Waals surface area contributed by atoms with E-state index in [1.54, 1.807) is 0 Å². The highest BCUT2D eigenvalue weighted by molar-refractivity contribution is 7.99. The Balaban J connectivity index is 1.68. The Hall–Kier alpha value is -1.29. The lowest BCUT2D eigenvalue weighted by atomic mass is 10.2. The van der Waals surface area contributed by atoms with Gasteiger partial charge < -0.3 is 4.74 Å². The lowest BCUT2D eigenvalue weighted by Gasteiger charge is -2.26. The lowest BCUT2D eigenvalue weighted by Crippen LogP contribution is -2.37. The predicted octanol–water partition coefficient (Wildman–Crippen LogP) is 1.18. The molecule has 0 bridgehead atoms. The smallest absolute Gasteiger partial charge is 0.348 e. The first-order valence-corrected chi connectivity index (χ1v) is 9.27. The zero-order chi connectivity index (χ0) is 16.1. The van der Waals surface area contributed by atoms with Crippen molar-refractivity contribution in [3.8, 4) is 12.3 Å². The molecule has 5 nitrogen and oxygen atoms in total. The highest BCUT2D eigenvalue weighted by Crippen LogP contribution is 2.28. The van der Waals surface area contributed by atoms with E-state index in [1.165, 1.54) is 23.0 Å². The largest absolute Gasteiger partial charge is 0.379 e. The van der Waals surface area contributed by atoms with Crippen LogP contribution in [0.15, 0.2) is 9.82 Å². The third kappa shape index (κ3) is 3.97. The van der Waals surface area contributed by atoms with Crippen molar-refractivity contribution in [3.63, 3.8) is 0 Å². The number of morpholine rings is 1. The molecule has 1 fully saturated rings. The molecule has 124 valence electrons. The van der Waals surface area contributed by atoms with Crippen molar-refractivity contribution in [1.82, 2.24) is 14.5 Å². The maximum atomic E-state index is 12.4. The second kappa shape index (κ2) is 8.00. The van der Waals surface area contributed by atoms with Gasteiger partial charge in [0.15, 0.2) is 0 Å². The number of thioether (sulfide) groups is 1. The van der Waals surface area contributed by atoms with Crippen LogP contribution in [0.2, 0.25) is 0 Å². The quantitative estimate of drug-likeness (QED) is 0.444. The first kappa shape index (κ1) is 16.6. The molecule has 0 atom stereocenters. The minimum absolute atomic E-state index is 0.118. The Morgan fingerprint density at radius 2 is 2.09 bits per heavy atom. The summed E-state index contributed by atoms with van der Waals surface area (Å²) in [5.74, 6) is 3.18. The second-order valence-electron chi connectivity index (χ2n) is 5.93. The summed E-state index contributed by atoms with van der Waals surface area (Å²) >= 11 is 1.51. The van der Waals surface area contributed by atoms with E-state index in [-0.39, 0.29) is 5.69 Å². The lowest BCUT2D eigenvalue weighted by molar-refractivity contribution is 0.0368. The molecule has 0 unspecified atom stereocenters. The molecule has 2 heterocycles. The summed E-state index contributed by atoms with van der Waals surface area (Å²) in [5, 5.41) is 0.852. The molecule has 1 aliphatic carbocycles. The standard InChI is InChI=1S/C17H23N3O2S/c1-2-13-23-16-14-5-3-6-15(14)20(17(21)18-16)8-4-7-19-9-11-22-12-10-19/h1H,3-13H2. The van der Waals surface area contributed by atoms with Gasteiger partial charge in [-0.2, -0.15) is 4.98 Å². The predicted molar refractivity (Wildman–Crippen MR) is 92.0 cm³/mol. The van der Waals surface area contributed by atoms with Crippen molar-refractivity contribution in [3.05, 3.63) is 21.7 Å². The van der Waals surface area contributed by atoms with Crippen LogP contribution >= 0.6 is 11.8 Å². The highest BCUT2D eigenvalue weighted by atomic mass is 32.2. The molecule has 2 aliphatic rings. The van der Waals surface area contributed by atoms with Crippen molar-refractivity contribution < 1.29 is 4.74 Å². The SMILES string of the molecule is C#CCSc1nc(=O)n(CCCN2CCOCC2)c2c1CCC2. The van der Waals surface area contributed by atoms with Crippen LogP contribution in [-0.4, -0.2) is 53.1 Å². The molecule has 0 amide bonds. The number of aromatic nitrogens is 2. The van der Waals surface area contributed by atoms with Gasteiger partial charge in [-0.3, -0.25) is 9.47 Å². The van der Waals surface area contributed by atoms with Crippen molar-refractivity contribution >= 4 is 11.8 Å². The number of nitrogens with zero attached hydrogens (tertiary/aromatic N) is 3. The van der Waals surface area contributed by atoms with Crippen LogP contribution in [0.25, 0.3) is 0 Å². The molecule has 0 saturated carbocycles. The molecule has 23 heavy (non-hydrogen) atoms. The van der Waals surface area contributed by atoms with Crippen molar-refractivity contribution in [2.45, 2.75) is 37.3 Å². The third-order valence-corrected chi connectivity index (χ3v) is 5.37. The number of fused-ring (bicyclic) bond motifs is 1. The van der Waals surface area contributed by atoms with Gasteiger partial charge in [0.1, 0.15) is 5.03 Å². The Bertz CT molecular complexity index is 644. The summed E-state index contributed by atoms with van der Waals surface area (Å²) in [6.45, 7) is 5.39. The molecule has 6 heteroatoms. The maximum absolute atomic E-state index is 12.4. The average molecular weight is 333 g/mol. The first-order valence-electron chi connectivity index (χ1n) is 8.28. The number of terminal acetylenes is 1. The van der Waals surface area contributed by atoms with Gasteiger partial charge >= 0.3 is 5.69 Å². The van der Waals surface area contributed by atoms with E-state index in [9.17, 15) is 4.79 Å². The van der Waals surface area contributed by atoms with Crippen molar-refractivity contribution in [2.24, 2.45) is 0 Å². The molecule has 1 aromatic heterocycles. The van der Waals surface area contributed by atoms with Gasteiger partial charge in [0.25, 0.3) is 0 Å². The monoisotopic (exact) mass is 333 g/mol. The number of hydrogen-bond donors (Lipinski definition) is 0. The van der Waals surface area contributed by atoms with E-state index >= 15 is 0 Å². The van der Waals surface area contributed by atoms with Crippen LogP contribution in [0, 0.1) is 12.3 Å².